The Labute approximate surface area is 143 Å². The summed E-state index contributed by atoms with van der Waals surface area (Å²) in [5, 5.41) is 3.21. The predicted molar refractivity (Wildman–Crippen MR) is 97.6 cm³/mol. The highest BCUT2D eigenvalue weighted by molar-refractivity contribution is 5.41. The van der Waals surface area contributed by atoms with Crippen molar-refractivity contribution in [1.82, 2.24) is 15.0 Å². The lowest BCUT2D eigenvalue weighted by Gasteiger charge is -2.17. The monoisotopic (exact) mass is 330 g/mol. The average molecular weight is 330 g/mol. The van der Waals surface area contributed by atoms with E-state index in [1.165, 1.54) is 0 Å². The lowest BCUT2D eigenvalue weighted by molar-refractivity contribution is 0.410. The van der Waals surface area contributed by atoms with Crippen molar-refractivity contribution in [2.24, 2.45) is 0 Å². The van der Waals surface area contributed by atoms with Gasteiger partial charge in [-0.25, -0.2) is 0 Å². The largest absolute Gasteiger partial charge is 0.496 e. The Bertz CT molecular complexity index is 649. The molecule has 0 atom stereocenters. The highest BCUT2D eigenvalue weighted by atomic mass is 16.5. The Morgan fingerprint density at radius 2 is 2.00 bits per heavy atom. The molecule has 0 bridgehead atoms. The van der Waals surface area contributed by atoms with Gasteiger partial charge in [-0.05, 0) is 24.5 Å². The SMILES string of the molecule is CCCCN(C)c1nc(N)nc(NCCc2ccccc2OC)n1. The summed E-state index contributed by atoms with van der Waals surface area (Å²) in [7, 11) is 3.64. The second-order valence-corrected chi connectivity index (χ2v) is 5.58. The molecule has 1 aromatic heterocycles. The number of nitrogen functional groups attached to an aromatic ring is 1. The van der Waals surface area contributed by atoms with Crippen molar-refractivity contribution < 1.29 is 4.74 Å². The third kappa shape index (κ3) is 4.97. The number of benzene rings is 1. The van der Waals surface area contributed by atoms with Gasteiger partial charge in [0.15, 0.2) is 0 Å². The summed E-state index contributed by atoms with van der Waals surface area (Å²) in [5.41, 5.74) is 6.94. The molecular formula is C17H26N6O. The van der Waals surface area contributed by atoms with Crippen molar-refractivity contribution in [2.75, 3.05) is 43.2 Å². The molecule has 0 saturated heterocycles. The molecule has 0 amide bonds. The molecular weight excluding hydrogens is 304 g/mol. The van der Waals surface area contributed by atoms with E-state index >= 15 is 0 Å². The molecule has 2 aromatic rings. The summed E-state index contributed by atoms with van der Waals surface area (Å²) < 4.78 is 5.36. The van der Waals surface area contributed by atoms with Crippen LogP contribution in [0.2, 0.25) is 0 Å². The van der Waals surface area contributed by atoms with Crippen molar-refractivity contribution in [2.45, 2.75) is 26.2 Å². The van der Waals surface area contributed by atoms with Gasteiger partial charge in [0.05, 0.1) is 7.11 Å². The van der Waals surface area contributed by atoms with Crippen LogP contribution in [0.5, 0.6) is 5.75 Å². The zero-order valence-corrected chi connectivity index (χ0v) is 14.6. The fourth-order valence-electron chi connectivity index (χ4n) is 2.34. The first-order chi connectivity index (χ1) is 11.6. The number of hydrogen-bond donors (Lipinski definition) is 2. The van der Waals surface area contributed by atoms with Crippen LogP contribution in [0.25, 0.3) is 0 Å². The standard InChI is InChI=1S/C17H26N6O/c1-4-5-12-23(2)17-21-15(18)20-16(22-17)19-11-10-13-8-6-7-9-14(13)24-3/h6-9H,4-5,10-12H2,1-3H3,(H3,18,19,20,21,22). The zero-order valence-electron chi connectivity index (χ0n) is 14.6. The number of nitrogens with two attached hydrogens (primary N) is 1. The summed E-state index contributed by atoms with van der Waals surface area (Å²) in [4.78, 5) is 14.8. The number of unbranched alkanes of at least 4 members (excludes halogenated alkanes) is 1. The fraction of sp³-hybridized carbons (Fsp3) is 0.471. The Balaban J connectivity index is 1.98. The Morgan fingerprint density at radius 3 is 2.75 bits per heavy atom. The molecule has 0 aliphatic rings. The minimum absolute atomic E-state index is 0.225. The molecule has 0 aliphatic carbocycles. The van der Waals surface area contributed by atoms with Gasteiger partial charge in [0, 0.05) is 20.1 Å². The molecule has 0 fully saturated rings. The zero-order chi connectivity index (χ0) is 17.4. The van der Waals surface area contributed by atoms with E-state index in [-0.39, 0.29) is 5.95 Å². The third-order valence-electron chi connectivity index (χ3n) is 3.70. The molecule has 0 unspecified atom stereocenters. The van der Waals surface area contributed by atoms with E-state index in [9.17, 15) is 0 Å². The van der Waals surface area contributed by atoms with Crippen LogP contribution in [0.15, 0.2) is 24.3 Å². The van der Waals surface area contributed by atoms with E-state index in [1.807, 2.05) is 36.2 Å². The van der Waals surface area contributed by atoms with E-state index < -0.39 is 0 Å². The number of hydrogen-bond acceptors (Lipinski definition) is 7. The lowest BCUT2D eigenvalue weighted by atomic mass is 10.1. The Hall–Kier alpha value is -2.57. The van der Waals surface area contributed by atoms with Crippen molar-refractivity contribution in [3.8, 4) is 5.75 Å². The predicted octanol–water partition coefficient (Wildman–Crippen LogP) is 2.35. The Kier molecular flexibility index (Phi) is 6.60. The van der Waals surface area contributed by atoms with E-state index in [2.05, 4.69) is 27.2 Å². The summed E-state index contributed by atoms with van der Waals surface area (Å²) in [5.74, 6) is 2.20. The summed E-state index contributed by atoms with van der Waals surface area (Å²) in [6.07, 6.45) is 3.00. The molecule has 130 valence electrons. The topological polar surface area (TPSA) is 89.2 Å². The number of aromatic nitrogens is 3. The molecule has 2 rings (SSSR count). The van der Waals surface area contributed by atoms with Crippen LogP contribution in [0.1, 0.15) is 25.3 Å². The Morgan fingerprint density at radius 1 is 1.21 bits per heavy atom. The highest BCUT2D eigenvalue weighted by Gasteiger charge is 2.09. The molecule has 1 aromatic carbocycles. The summed E-state index contributed by atoms with van der Waals surface area (Å²) in [6, 6.07) is 7.96. The number of rotatable bonds is 9. The first-order valence-electron chi connectivity index (χ1n) is 8.22. The minimum atomic E-state index is 0.225. The van der Waals surface area contributed by atoms with Crippen molar-refractivity contribution in [3.05, 3.63) is 29.8 Å². The van der Waals surface area contributed by atoms with Gasteiger partial charge in [-0.3, -0.25) is 0 Å². The van der Waals surface area contributed by atoms with Crippen LogP contribution in [0.4, 0.5) is 17.8 Å². The quantitative estimate of drug-likeness (QED) is 0.729. The minimum Gasteiger partial charge on any atom is -0.496 e. The first-order valence-corrected chi connectivity index (χ1v) is 8.22. The van der Waals surface area contributed by atoms with Crippen molar-refractivity contribution in [3.63, 3.8) is 0 Å². The normalized spacial score (nSPS) is 10.5. The van der Waals surface area contributed by atoms with E-state index in [1.54, 1.807) is 7.11 Å². The summed E-state index contributed by atoms with van der Waals surface area (Å²) >= 11 is 0. The highest BCUT2D eigenvalue weighted by Crippen LogP contribution is 2.18. The number of nitrogens with one attached hydrogen (secondary N) is 1. The van der Waals surface area contributed by atoms with Crippen LogP contribution < -0.4 is 20.7 Å². The van der Waals surface area contributed by atoms with Crippen LogP contribution in [0.3, 0.4) is 0 Å². The van der Waals surface area contributed by atoms with Gasteiger partial charge < -0.3 is 20.7 Å². The molecule has 7 nitrogen and oxygen atoms in total. The molecule has 0 radical (unpaired) electrons. The number of ether oxygens (including phenoxy) is 1. The molecule has 0 saturated carbocycles. The number of para-hydroxylation sites is 1. The molecule has 7 heteroatoms. The number of methoxy groups -OCH3 is 1. The second kappa shape index (κ2) is 8.90. The lowest BCUT2D eigenvalue weighted by Crippen LogP contribution is -2.22. The van der Waals surface area contributed by atoms with E-state index in [0.717, 1.165) is 37.1 Å². The fourth-order valence-corrected chi connectivity index (χ4v) is 2.34. The molecule has 0 aliphatic heterocycles. The average Bonchev–Trinajstić information content (AvgIpc) is 2.59. The van der Waals surface area contributed by atoms with Crippen LogP contribution in [-0.2, 0) is 6.42 Å². The summed E-state index contributed by atoms with van der Waals surface area (Å²) in [6.45, 7) is 3.73. The van der Waals surface area contributed by atoms with Gasteiger partial charge in [-0.15, -0.1) is 0 Å². The maximum Gasteiger partial charge on any atom is 0.231 e. The third-order valence-corrected chi connectivity index (χ3v) is 3.70. The van der Waals surface area contributed by atoms with Gasteiger partial charge >= 0.3 is 0 Å². The maximum atomic E-state index is 5.81. The van der Waals surface area contributed by atoms with Gasteiger partial charge in [-0.1, -0.05) is 31.5 Å². The molecule has 0 spiro atoms. The maximum absolute atomic E-state index is 5.81. The van der Waals surface area contributed by atoms with Crippen LogP contribution in [-0.4, -0.2) is 42.2 Å². The molecule has 3 N–H and O–H groups in total. The van der Waals surface area contributed by atoms with Gasteiger partial charge in [0.2, 0.25) is 17.8 Å². The van der Waals surface area contributed by atoms with Crippen molar-refractivity contribution in [1.29, 1.82) is 0 Å². The molecule has 24 heavy (non-hydrogen) atoms. The van der Waals surface area contributed by atoms with Gasteiger partial charge in [-0.2, -0.15) is 15.0 Å². The van der Waals surface area contributed by atoms with Crippen LogP contribution >= 0.6 is 0 Å². The number of anilines is 3. The van der Waals surface area contributed by atoms with Crippen molar-refractivity contribution >= 4 is 17.8 Å². The number of nitrogens with zero attached hydrogens (tertiary/aromatic N) is 4. The first kappa shape index (κ1) is 17.8. The van der Waals surface area contributed by atoms with Gasteiger partial charge in [0.1, 0.15) is 5.75 Å². The van der Waals surface area contributed by atoms with Crippen LogP contribution in [0, 0.1) is 0 Å². The smallest absolute Gasteiger partial charge is 0.231 e. The molecule has 1 heterocycles. The second-order valence-electron chi connectivity index (χ2n) is 5.58. The van der Waals surface area contributed by atoms with Gasteiger partial charge in [0.25, 0.3) is 0 Å². The van der Waals surface area contributed by atoms with E-state index in [0.29, 0.717) is 18.4 Å². The van der Waals surface area contributed by atoms with E-state index in [4.69, 9.17) is 10.5 Å².